The Morgan fingerprint density at radius 1 is 1.33 bits per heavy atom. The predicted molar refractivity (Wildman–Crippen MR) is 88.8 cm³/mol. The topological polar surface area (TPSA) is 61.4 Å². The van der Waals surface area contributed by atoms with Gasteiger partial charge in [0.25, 0.3) is 0 Å². The fourth-order valence-electron chi connectivity index (χ4n) is 2.67. The van der Waals surface area contributed by atoms with Gasteiger partial charge in [0, 0.05) is 17.0 Å². The zero-order valence-corrected chi connectivity index (χ0v) is 13.5. The fourth-order valence-corrected chi connectivity index (χ4v) is 3.42. The highest BCUT2D eigenvalue weighted by Gasteiger charge is 2.21. The fraction of sp³-hybridized carbons (Fsp3) is 0.562. The highest BCUT2D eigenvalue weighted by Crippen LogP contribution is 2.26. The van der Waals surface area contributed by atoms with Crippen molar-refractivity contribution in [3.8, 4) is 0 Å². The molecule has 1 saturated carbocycles. The summed E-state index contributed by atoms with van der Waals surface area (Å²) in [5, 5.41) is 16.2. The van der Waals surface area contributed by atoms with Crippen LogP contribution in [0.25, 0.3) is 0 Å². The molecule has 2 amide bonds. The van der Waals surface area contributed by atoms with E-state index in [0.717, 1.165) is 23.7 Å². The lowest BCUT2D eigenvalue weighted by molar-refractivity contribution is 0.199. The highest BCUT2D eigenvalue weighted by atomic mass is 32.2. The summed E-state index contributed by atoms with van der Waals surface area (Å²) in [4.78, 5) is 12.0. The quantitative estimate of drug-likeness (QED) is 0.797. The standard InChI is InChI=1S/C16H24N2O2S/c1-11(19)12-4-3-5-14(10-12)18-16(20)17-13-6-8-15(21-2)9-7-13/h3-5,10-11,13,15,19H,6-9H2,1-2H3,(H2,17,18,20). The van der Waals surface area contributed by atoms with Crippen molar-refractivity contribution in [3.05, 3.63) is 29.8 Å². The molecule has 3 N–H and O–H groups in total. The molecule has 0 saturated heterocycles. The van der Waals surface area contributed by atoms with Gasteiger partial charge in [-0.3, -0.25) is 0 Å². The number of carbonyl (C=O) groups excluding carboxylic acids is 1. The molecule has 21 heavy (non-hydrogen) atoms. The van der Waals surface area contributed by atoms with Crippen molar-refractivity contribution in [3.63, 3.8) is 0 Å². The van der Waals surface area contributed by atoms with Gasteiger partial charge in [0.1, 0.15) is 0 Å². The zero-order chi connectivity index (χ0) is 15.2. The predicted octanol–water partition coefficient (Wildman–Crippen LogP) is 3.54. The van der Waals surface area contributed by atoms with Crippen LogP contribution in [0.3, 0.4) is 0 Å². The Morgan fingerprint density at radius 3 is 2.67 bits per heavy atom. The van der Waals surface area contributed by atoms with E-state index in [4.69, 9.17) is 0 Å². The lowest BCUT2D eigenvalue weighted by atomic mass is 9.95. The first-order valence-corrected chi connectivity index (χ1v) is 8.75. The monoisotopic (exact) mass is 308 g/mol. The van der Waals surface area contributed by atoms with Crippen LogP contribution in [0.4, 0.5) is 10.5 Å². The molecule has 0 radical (unpaired) electrons. The van der Waals surface area contributed by atoms with Crippen LogP contribution in [0.5, 0.6) is 0 Å². The number of carbonyl (C=O) groups is 1. The summed E-state index contributed by atoms with van der Waals surface area (Å²) in [5.41, 5.74) is 1.51. The molecular weight excluding hydrogens is 284 g/mol. The van der Waals surface area contributed by atoms with Gasteiger partial charge in [0.05, 0.1) is 6.10 Å². The Labute approximate surface area is 130 Å². The number of thioether (sulfide) groups is 1. The molecule has 0 aromatic heterocycles. The number of hydrogen-bond donors (Lipinski definition) is 3. The first-order valence-electron chi connectivity index (χ1n) is 7.47. The number of rotatable bonds is 4. The van der Waals surface area contributed by atoms with Gasteiger partial charge < -0.3 is 15.7 Å². The minimum absolute atomic E-state index is 0.162. The van der Waals surface area contributed by atoms with Crippen LogP contribution < -0.4 is 10.6 Å². The number of amides is 2. The van der Waals surface area contributed by atoms with E-state index in [1.165, 1.54) is 12.8 Å². The lowest BCUT2D eigenvalue weighted by Crippen LogP contribution is -2.40. The number of aliphatic hydroxyl groups is 1. The molecule has 2 rings (SSSR count). The van der Waals surface area contributed by atoms with Gasteiger partial charge >= 0.3 is 6.03 Å². The van der Waals surface area contributed by atoms with E-state index in [0.29, 0.717) is 5.69 Å². The lowest BCUT2D eigenvalue weighted by Gasteiger charge is -2.28. The number of urea groups is 1. The number of aliphatic hydroxyl groups excluding tert-OH is 1. The van der Waals surface area contributed by atoms with E-state index in [-0.39, 0.29) is 12.1 Å². The molecule has 1 aliphatic rings. The second-order valence-electron chi connectivity index (χ2n) is 5.61. The summed E-state index contributed by atoms with van der Waals surface area (Å²) in [6.07, 6.45) is 6.06. The van der Waals surface area contributed by atoms with Gasteiger partial charge in [-0.25, -0.2) is 4.79 Å². The summed E-state index contributed by atoms with van der Waals surface area (Å²) >= 11 is 1.92. The molecule has 1 aliphatic carbocycles. The molecule has 0 bridgehead atoms. The van der Waals surface area contributed by atoms with E-state index in [2.05, 4.69) is 16.9 Å². The Morgan fingerprint density at radius 2 is 2.05 bits per heavy atom. The van der Waals surface area contributed by atoms with Crippen LogP contribution in [0, 0.1) is 0 Å². The van der Waals surface area contributed by atoms with Crippen LogP contribution in [-0.2, 0) is 0 Å². The van der Waals surface area contributed by atoms with Gasteiger partial charge in [-0.1, -0.05) is 12.1 Å². The van der Waals surface area contributed by atoms with Gasteiger partial charge in [0.2, 0.25) is 0 Å². The molecule has 1 unspecified atom stereocenters. The third-order valence-electron chi connectivity index (χ3n) is 3.97. The van der Waals surface area contributed by atoms with Crippen molar-refractivity contribution < 1.29 is 9.90 Å². The molecule has 0 heterocycles. The largest absolute Gasteiger partial charge is 0.389 e. The Balaban J connectivity index is 1.83. The maximum Gasteiger partial charge on any atom is 0.319 e. The second-order valence-corrected chi connectivity index (χ2v) is 6.75. The van der Waals surface area contributed by atoms with E-state index in [1.807, 2.05) is 30.0 Å². The number of benzene rings is 1. The summed E-state index contributed by atoms with van der Waals surface area (Å²) < 4.78 is 0. The van der Waals surface area contributed by atoms with Crippen LogP contribution >= 0.6 is 11.8 Å². The average Bonchev–Trinajstić information content (AvgIpc) is 2.48. The first-order chi connectivity index (χ1) is 10.1. The molecule has 0 aliphatic heterocycles. The second kappa shape index (κ2) is 7.71. The molecular formula is C16H24N2O2S. The Hall–Kier alpha value is -1.20. The summed E-state index contributed by atoms with van der Waals surface area (Å²) in [6, 6.07) is 7.42. The maximum absolute atomic E-state index is 12.0. The normalized spacial score (nSPS) is 23.4. The molecule has 1 fully saturated rings. The average molecular weight is 308 g/mol. The molecule has 1 aromatic rings. The summed E-state index contributed by atoms with van der Waals surface area (Å²) in [6.45, 7) is 1.71. The molecule has 0 spiro atoms. The highest BCUT2D eigenvalue weighted by molar-refractivity contribution is 7.99. The zero-order valence-electron chi connectivity index (χ0n) is 12.6. The van der Waals surface area contributed by atoms with Crippen LogP contribution in [0.15, 0.2) is 24.3 Å². The van der Waals surface area contributed by atoms with Crippen molar-refractivity contribution in [2.45, 2.75) is 50.0 Å². The van der Waals surface area contributed by atoms with Crippen LogP contribution in [0.1, 0.15) is 44.3 Å². The summed E-state index contributed by atoms with van der Waals surface area (Å²) in [7, 11) is 0. The number of nitrogens with one attached hydrogen (secondary N) is 2. The minimum atomic E-state index is -0.531. The smallest absolute Gasteiger partial charge is 0.319 e. The third kappa shape index (κ3) is 4.93. The summed E-state index contributed by atoms with van der Waals surface area (Å²) in [5.74, 6) is 0. The third-order valence-corrected chi connectivity index (χ3v) is 5.11. The Bertz CT molecular complexity index is 471. The Kier molecular flexibility index (Phi) is 5.94. The molecule has 1 aromatic carbocycles. The maximum atomic E-state index is 12.0. The van der Waals surface area contributed by atoms with Gasteiger partial charge in [0.15, 0.2) is 0 Å². The van der Waals surface area contributed by atoms with Crippen molar-refractivity contribution in [2.75, 3.05) is 11.6 Å². The number of hydrogen-bond acceptors (Lipinski definition) is 3. The van der Waals surface area contributed by atoms with Crippen molar-refractivity contribution in [2.24, 2.45) is 0 Å². The van der Waals surface area contributed by atoms with E-state index in [1.54, 1.807) is 13.0 Å². The van der Waals surface area contributed by atoms with Gasteiger partial charge in [-0.05, 0) is 56.6 Å². The van der Waals surface area contributed by atoms with Crippen molar-refractivity contribution in [1.29, 1.82) is 0 Å². The van der Waals surface area contributed by atoms with Gasteiger partial charge in [-0.15, -0.1) is 0 Å². The van der Waals surface area contributed by atoms with Crippen LogP contribution in [-0.4, -0.2) is 28.7 Å². The molecule has 4 nitrogen and oxygen atoms in total. The molecule has 1 atom stereocenters. The first kappa shape index (κ1) is 16.2. The SMILES string of the molecule is CSC1CCC(NC(=O)Nc2cccc(C(C)O)c2)CC1. The van der Waals surface area contributed by atoms with Crippen molar-refractivity contribution in [1.82, 2.24) is 5.32 Å². The van der Waals surface area contributed by atoms with E-state index in [9.17, 15) is 9.90 Å². The van der Waals surface area contributed by atoms with Crippen molar-refractivity contribution >= 4 is 23.5 Å². The van der Waals surface area contributed by atoms with E-state index < -0.39 is 6.10 Å². The van der Waals surface area contributed by atoms with Crippen LogP contribution in [0.2, 0.25) is 0 Å². The van der Waals surface area contributed by atoms with Gasteiger partial charge in [-0.2, -0.15) is 11.8 Å². The molecule has 5 heteroatoms. The minimum Gasteiger partial charge on any atom is -0.389 e. The van der Waals surface area contributed by atoms with E-state index >= 15 is 0 Å². The number of anilines is 1. The molecule has 116 valence electrons.